The number of hydrogen-bond donors (Lipinski definition) is 2. The van der Waals surface area contributed by atoms with Crippen molar-refractivity contribution < 1.29 is 19.6 Å². The molecule has 2 N–H and O–H groups in total. The standard InChI is InChI=1S/C26H27N3O5/c1-3-4-10-25(30)28-22-12-11-21(16-24(22)34-2)27-17-20-14-19(13-18-8-6-5-7-9-18)15-23(26(20)31)29(32)33/h5-9,11-12,14-17,31H,3-4,10,13H2,1-2H3,(H,28,30). The van der Waals surface area contributed by atoms with E-state index in [2.05, 4.69) is 10.3 Å². The van der Waals surface area contributed by atoms with Crippen LogP contribution in [0.25, 0.3) is 0 Å². The van der Waals surface area contributed by atoms with Crippen molar-refractivity contribution in [2.24, 2.45) is 4.99 Å². The average molecular weight is 462 g/mol. The summed E-state index contributed by atoms with van der Waals surface area (Å²) in [5, 5.41) is 24.7. The summed E-state index contributed by atoms with van der Waals surface area (Å²) >= 11 is 0. The summed E-state index contributed by atoms with van der Waals surface area (Å²) in [6.45, 7) is 2.02. The third-order valence-electron chi connectivity index (χ3n) is 5.20. The Kier molecular flexibility index (Phi) is 8.34. The third kappa shape index (κ3) is 6.41. The van der Waals surface area contributed by atoms with E-state index >= 15 is 0 Å². The Morgan fingerprint density at radius 1 is 1.15 bits per heavy atom. The number of amides is 1. The molecule has 0 saturated heterocycles. The summed E-state index contributed by atoms with van der Waals surface area (Å²) in [5.41, 5.74) is 2.56. The molecule has 0 aliphatic carbocycles. The van der Waals surface area contributed by atoms with Gasteiger partial charge in [0.2, 0.25) is 11.7 Å². The van der Waals surface area contributed by atoms with Crippen LogP contribution in [0, 0.1) is 10.1 Å². The number of ether oxygens (including phenoxy) is 1. The Morgan fingerprint density at radius 3 is 2.59 bits per heavy atom. The van der Waals surface area contributed by atoms with Gasteiger partial charge in [0, 0.05) is 30.3 Å². The lowest BCUT2D eigenvalue weighted by atomic mass is 10.0. The van der Waals surface area contributed by atoms with Crippen LogP contribution < -0.4 is 10.1 Å². The number of carbonyl (C=O) groups is 1. The monoisotopic (exact) mass is 461 g/mol. The molecule has 8 heteroatoms. The predicted molar refractivity (Wildman–Crippen MR) is 132 cm³/mol. The van der Waals surface area contributed by atoms with Crippen LogP contribution in [0.15, 0.2) is 65.7 Å². The number of phenols is 1. The number of nitro groups is 1. The highest BCUT2D eigenvalue weighted by molar-refractivity contribution is 5.93. The second-order valence-electron chi connectivity index (χ2n) is 7.77. The van der Waals surface area contributed by atoms with E-state index in [4.69, 9.17) is 4.74 Å². The predicted octanol–water partition coefficient (Wildman–Crippen LogP) is 5.78. The second kappa shape index (κ2) is 11.6. The summed E-state index contributed by atoms with van der Waals surface area (Å²) in [5.74, 6) is -0.103. The first kappa shape index (κ1) is 24.4. The van der Waals surface area contributed by atoms with Crippen LogP contribution in [-0.4, -0.2) is 29.3 Å². The Hall–Kier alpha value is -4.20. The second-order valence-corrected chi connectivity index (χ2v) is 7.77. The highest BCUT2D eigenvalue weighted by Gasteiger charge is 2.18. The molecule has 0 heterocycles. The Bertz CT molecular complexity index is 1190. The van der Waals surface area contributed by atoms with Crippen LogP contribution in [-0.2, 0) is 11.2 Å². The summed E-state index contributed by atoms with van der Waals surface area (Å²) in [4.78, 5) is 27.3. The number of aliphatic imine (C=N–C) groups is 1. The molecule has 3 aromatic rings. The van der Waals surface area contributed by atoms with E-state index in [1.807, 2.05) is 37.3 Å². The normalized spacial score (nSPS) is 10.9. The van der Waals surface area contributed by atoms with Crippen molar-refractivity contribution in [3.05, 3.63) is 87.5 Å². The first-order valence-corrected chi connectivity index (χ1v) is 11.0. The molecule has 0 fully saturated rings. The van der Waals surface area contributed by atoms with E-state index in [9.17, 15) is 20.0 Å². The molecule has 3 aromatic carbocycles. The largest absolute Gasteiger partial charge is 0.502 e. The maximum absolute atomic E-state index is 12.0. The molecule has 8 nitrogen and oxygen atoms in total. The third-order valence-corrected chi connectivity index (χ3v) is 5.20. The van der Waals surface area contributed by atoms with Crippen molar-refractivity contribution >= 4 is 29.2 Å². The van der Waals surface area contributed by atoms with Gasteiger partial charge in [-0.15, -0.1) is 0 Å². The number of unbranched alkanes of at least 4 members (excludes halogenated alkanes) is 1. The zero-order valence-corrected chi connectivity index (χ0v) is 19.2. The van der Waals surface area contributed by atoms with Gasteiger partial charge in [0.15, 0.2) is 0 Å². The number of phenolic OH excluding ortho intramolecular Hbond substituents is 1. The van der Waals surface area contributed by atoms with Crippen molar-refractivity contribution in [1.29, 1.82) is 0 Å². The first-order chi connectivity index (χ1) is 16.4. The van der Waals surface area contributed by atoms with Gasteiger partial charge in [-0.2, -0.15) is 0 Å². The molecule has 1 amide bonds. The van der Waals surface area contributed by atoms with Gasteiger partial charge in [-0.25, -0.2) is 0 Å². The van der Waals surface area contributed by atoms with Gasteiger partial charge >= 0.3 is 5.69 Å². The van der Waals surface area contributed by atoms with Gasteiger partial charge in [-0.05, 0) is 42.2 Å². The number of methoxy groups -OCH3 is 1. The number of nitrogens with one attached hydrogen (secondary N) is 1. The quantitative estimate of drug-likeness (QED) is 0.226. The number of hydrogen-bond acceptors (Lipinski definition) is 6. The number of rotatable bonds is 10. The molecule has 0 radical (unpaired) electrons. The molecule has 0 aliphatic heterocycles. The van der Waals surface area contributed by atoms with Gasteiger partial charge in [0.05, 0.1) is 23.4 Å². The highest BCUT2D eigenvalue weighted by Crippen LogP contribution is 2.33. The topological polar surface area (TPSA) is 114 Å². The smallest absolute Gasteiger partial charge is 0.311 e. The van der Waals surface area contributed by atoms with E-state index in [0.29, 0.717) is 35.5 Å². The van der Waals surface area contributed by atoms with E-state index in [-0.39, 0.29) is 17.2 Å². The Morgan fingerprint density at radius 2 is 1.91 bits per heavy atom. The minimum Gasteiger partial charge on any atom is -0.502 e. The summed E-state index contributed by atoms with van der Waals surface area (Å²) in [6.07, 6.45) is 4.01. The minimum atomic E-state index is -0.611. The van der Waals surface area contributed by atoms with E-state index in [1.165, 1.54) is 19.4 Å². The summed E-state index contributed by atoms with van der Waals surface area (Å²) < 4.78 is 5.38. The van der Waals surface area contributed by atoms with Crippen LogP contribution in [0.2, 0.25) is 0 Å². The molecule has 0 aromatic heterocycles. The number of nitro benzene ring substituents is 1. The lowest BCUT2D eigenvalue weighted by molar-refractivity contribution is -0.385. The van der Waals surface area contributed by atoms with E-state index < -0.39 is 10.7 Å². The average Bonchev–Trinajstić information content (AvgIpc) is 2.84. The minimum absolute atomic E-state index is 0.0936. The van der Waals surface area contributed by atoms with E-state index in [1.54, 1.807) is 24.3 Å². The summed E-state index contributed by atoms with van der Waals surface area (Å²) in [6, 6.07) is 17.6. The van der Waals surface area contributed by atoms with Gasteiger partial charge in [0.25, 0.3) is 0 Å². The molecule has 34 heavy (non-hydrogen) atoms. The lowest BCUT2D eigenvalue weighted by Gasteiger charge is -2.11. The molecule has 0 bridgehead atoms. The molecule has 0 unspecified atom stereocenters. The van der Waals surface area contributed by atoms with Gasteiger partial charge in [0.1, 0.15) is 5.75 Å². The van der Waals surface area contributed by atoms with Crippen LogP contribution in [0.3, 0.4) is 0 Å². The van der Waals surface area contributed by atoms with Crippen molar-refractivity contribution in [2.75, 3.05) is 12.4 Å². The number of benzene rings is 3. The molecule has 3 rings (SSSR count). The molecule has 0 spiro atoms. The van der Waals surface area contributed by atoms with Crippen LogP contribution in [0.5, 0.6) is 11.5 Å². The molecule has 0 aliphatic rings. The fourth-order valence-electron chi connectivity index (χ4n) is 3.43. The van der Waals surface area contributed by atoms with Crippen molar-refractivity contribution in [2.45, 2.75) is 32.6 Å². The Balaban J connectivity index is 1.87. The van der Waals surface area contributed by atoms with E-state index in [0.717, 1.165) is 18.4 Å². The first-order valence-electron chi connectivity index (χ1n) is 11.0. The fourth-order valence-corrected chi connectivity index (χ4v) is 3.43. The molecular formula is C26H27N3O5. The maximum Gasteiger partial charge on any atom is 0.311 e. The van der Waals surface area contributed by atoms with Crippen LogP contribution in [0.4, 0.5) is 17.1 Å². The number of nitrogens with zero attached hydrogens (tertiary/aromatic N) is 2. The number of anilines is 1. The number of carbonyl (C=O) groups excluding carboxylic acids is 1. The van der Waals surface area contributed by atoms with Crippen LogP contribution in [0.1, 0.15) is 42.9 Å². The zero-order chi connectivity index (χ0) is 24.5. The molecule has 0 atom stereocenters. The number of aromatic hydroxyl groups is 1. The van der Waals surface area contributed by atoms with Gasteiger partial charge < -0.3 is 15.2 Å². The Labute approximate surface area is 198 Å². The molecule has 176 valence electrons. The highest BCUT2D eigenvalue weighted by atomic mass is 16.6. The SMILES string of the molecule is CCCCC(=O)Nc1ccc(N=Cc2cc(Cc3ccccc3)cc([N+](=O)[O-])c2O)cc1OC. The summed E-state index contributed by atoms with van der Waals surface area (Å²) in [7, 11) is 1.49. The van der Waals surface area contributed by atoms with Crippen LogP contribution >= 0.6 is 0 Å². The maximum atomic E-state index is 12.0. The van der Waals surface area contributed by atoms with Crippen molar-refractivity contribution in [3.8, 4) is 11.5 Å². The van der Waals surface area contributed by atoms with Crippen molar-refractivity contribution in [3.63, 3.8) is 0 Å². The zero-order valence-electron chi connectivity index (χ0n) is 19.2. The lowest BCUT2D eigenvalue weighted by Crippen LogP contribution is -2.11. The van der Waals surface area contributed by atoms with Crippen molar-refractivity contribution in [1.82, 2.24) is 0 Å². The fraction of sp³-hybridized carbons (Fsp3) is 0.231. The van der Waals surface area contributed by atoms with Gasteiger partial charge in [-0.1, -0.05) is 43.7 Å². The van der Waals surface area contributed by atoms with Gasteiger partial charge in [-0.3, -0.25) is 19.9 Å². The molecular weight excluding hydrogens is 434 g/mol. The molecule has 0 saturated carbocycles.